The highest BCUT2D eigenvalue weighted by Crippen LogP contribution is 2.22. The minimum atomic E-state index is -3.88. The summed E-state index contributed by atoms with van der Waals surface area (Å²) in [4.78, 5) is 0.119. The average molecular weight is 317 g/mol. The number of nitrogens with zero attached hydrogens (tertiary/aromatic N) is 1. The highest BCUT2D eigenvalue weighted by atomic mass is 32.2. The predicted octanol–water partition coefficient (Wildman–Crippen LogP) is 2.78. The zero-order valence-corrected chi connectivity index (χ0v) is 13.0. The topological polar surface area (TPSA) is 57.5 Å². The van der Waals surface area contributed by atoms with Gasteiger partial charge < -0.3 is 4.74 Å². The molecule has 0 aliphatic rings. The molecule has 0 saturated heterocycles. The minimum absolute atomic E-state index is 0.119. The second-order valence-electron chi connectivity index (χ2n) is 4.91. The van der Waals surface area contributed by atoms with Gasteiger partial charge >= 0.3 is 10.1 Å². The molecule has 6 heteroatoms. The van der Waals surface area contributed by atoms with Crippen LogP contribution >= 0.6 is 0 Å². The van der Waals surface area contributed by atoms with E-state index in [0.717, 1.165) is 10.9 Å². The van der Waals surface area contributed by atoms with Gasteiger partial charge in [-0.15, -0.1) is 0 Å². The molecule has 0 bridgehead atoms. The highest BCUT2D eigenvalue weighted by molar-refractivity contribution is 7.87. The molecule has 0 amide bonds. The third-order valence-electron chi connectivity index (χ3n) is 3.35. The molecule has 0 saturated carbocycles. The first-order valence-electron chi connectivity index (χ1n) is 6.66. The number of aryl methyl sites for hydroxylation is 1. The summed E-state index contributed by atoms with van der Waals surface area (Å²) in [5.41, 5.74) is 1.63. The molecule has 3 aromatic rings. The normalized spacial score (nSPS) is 11.5. The van der Waals surface area contributed by atoms with Crippen molar-refractivity contribution in [2.24, 2.45) is 0 Å². The van der Waals surface area contributed by atoms with Gasteiger partial charge in [0.2, 0.25) is 0 Å². The maximum atomic E-state index is 12.3. The Morgan fingerprint density at radius 1 is 1.00 bits per heavy atom. The molecule has 1 aromatic heterocycles. The molecular formula is C16H15NO4S. The number of benzene rings is 2. The molecule has 0 radical (unpaired) electrons. The molecule has 0 unspecified atom stereocenters. The summed E-state index contributed by atoms with van der Waals surface area (Å²) < 4.78 is 36.2. The van der Waals surface area contributed by atoms with Crippen LogP contribution in [0.1, 0.15) is 5.56 Å². The molecule has 114 valence electrons. The highest BCUT2D eigenvalue weighted by Gasteiger charge is 2.17. The zero-order valence-electron chi connectivity index (χ0n) is 12.2. The summed E-state index contributed by atoms with van der Waals surface area (Å²) in [6, 6.07) is 13.6. The smallest absolute Gasteiger partial charge is 0.357 e. The largest absolute Gasteiger partial charge is 0.497 e. The lowest BCUT2D eigenvalue weighted by Crippen LogP contribution is -2.19. The van der Waals surface area contributed by atoms with Crippen LogP contribution in [-0.4, -0.2) is 20.3 Å². The third kappa shape index (κ3) is 2.65. The van der Waals surface area contributed by atoms with Crippen molar-refractivity contribution in [1.29, 1.82) is 0 Å². The summed E-state index contributed by atoms with van der Waals surface area (Å²) in [6.07, 6.45) is 1.57. The van der Waals surface area contributed by atoms with E-state index < -0.39 is 10.1 Å². The van der Waals surface area contributed by atoms with Gasteiger partial charge in [0.15, 0.2) is 0 Å². The van der Waals surface area contributed by atoms with Gasteiger partial charge in [0.05, 0.1) is 12.6 Å². The van der Waals surface area contributed by atoms with Gasteiger partial charge in [-0.05, 0) is 43.3 Å². The first kappa shape index (κ1) is 14.5. The SMILES string of the molecule is COc1ccc2c(ccn2OS(=O)(=O)c2ccc(C)cc2)c1. The molecule has 0 aliphatic heterocycles. The number of hydrogen-bond donors (Lipinski definition) is 0. The summed E-state index contributed by atoms with van der Waals surface area (Å²) in [6.45, 7) is 1.89. The van der Waals surface area contributed by atoms with E-state index in [0.29, 0.717) is 11.3 Å². The molecule has 2 aromatic carbocycles. The van der Waals surface area contributed by atoms with E-state index in [1.807, 2.05) is 13.0 Å². The van der Waals surface area contributed by atoms with Crippen molar-refractivity contribution in [3.63, 3.8) is 0 Å². The monoisotopic (exact) mass is 317 g/mol. The molecule has 1 heterocycles. The van der Waals surface area contributed by atoms with Gasteiger partial charge in [-0.1, -0.05) is 17.7 Å². The summed E-state index contributed by atoms with van der Waals surface area (Å²) in [7, 11) is -2.30. The van der Waals surface area contributed by atoms with Gasteiger partial charge in [-0.25, -0.2) is 0 Å². The molecular weight excluding hydrogens is 302 g/mol. The number of methoxy groups -OCH3 is 1. The van der Waals surface area contributed by atoms with E-state index in [9.17, 15) is 8.42 Å². The van der Waals surface area contributed by atoms with E-state index in [2.05, 4.69) is 0 Å². The summed E-state index contributed by atoms with van der Waals surface area (Å²) >= 11 is 0. The molecule has 0 spiro atoms. The minimum Gasteiger partial charge on any atom is -0.497 e. The first-order chi connectivity index (χ1) is 10.5. The molecule has 0 N–H and O–H groups in total. The van der Waals surface area contributed by atoms with Crippen molar-refractivity contribution in [3.05, 3.63) is 60.3 Å². The Balaban J connectivity index is 1.97. The fraction of sp³-hybridized carbons (Fsp3) is 0.125. The van der Waals surface area contributed by atoms with Crippen molar-refractivity contribution < 1.29 is 17.4 Å². The van der Waals surface area contributed by atoms with Crippen molar-refractivity contribution in [2.45, 2.75) is 11.8 Å². The Bertz CT molecular complexity index is 911. The van der Waals surface area contributed by atoms with Crippen LogP contribution in [0.2, 0.25) is 0 Å². The van der Waals surface area contributed by atoms with E-state index >= 15 is 0 Å². The van der Waals surface area contributed by atoms with Crippen molar-refractivity contribution in [2.75, 3.05) is 7.11 Å². The van der Waals surface area contributed by atoms with Crippen LogP contribution in [0.5, 0.6) is 5.75 Å². The number of aromatic nitrogens is 1. The fourth-order valence-corrected chi connectivity index (χ4v) is 3.04. The molecule has 22 heavy (non-hydrogen) atoms. The van der Waals surface area contributed by atoms with Crippen LogP contribution in [-0.2, 0) is 10.1 Å². The van der Waals surface area contributed by atoms with E-state index in [4.69, 9.17) is 9.02 Å². The standard InChI is InChI=1S/C16H15NO4S/c1-12-3-6-15(7-4-12)22(18,19)21-17-10-9-13-11-14(20-2)5-8-16(13)17/h3-11H,1-2H3. The van der Waals surface area contributed by atoms with E-state index in [1.54, 1.807) is 43.6 Å². The van der Waals surface area contributed by atoms with Crippen molar-refractivity contribution in [3.8, 4) is 5.75 Å². The van der Waals surface area contributed by atoms with Crippen LogP contribution in [0.3, 0.4) is 0 Å². The average Bonchev–Trinajstić information content (AvgIpc) is 2.89. The Hall–Kier alpha value is -2.47. The first-order valence-corrected chi connectivity index (χ1v) is 8.07. The molecule has 0 aliphatic carbocycles. The van der Waals surface area contributed by atoms with Crippen LogP contribution in [0.4, 0.5) is 0 Å². The summed E-state index contributed by atoms with van der Waals surface area (Å²) in [5, 5.41) is 0.832. The maximum Gasteiger partial charge on any atom is 0.357 e. The van der Waals surface area contributed by atoms with Crippen molar-refractivity contribution >= 4 is 21.0 Å². The van der Waals surface area contributed by atoms with E-state index in [-0.39, 0.29) is 4.90 Å². The fourth-order valence-electron chi connectivity index (χ4n) is 2.14. The lowest BCUT2D eigenvalue weighted by Gasteiger charge is -2.09. The van der Waals surface area contributed by atoms with E-state index in [1.165, 1.54) is 16.9 Å². The lowest BCUT2D eigenvalue weighted by molar-refractivity contribution is 0.293. The van der Waals surface area contributed by atoms with Crippen LogP contribution in [0.15, 0.2) is 59.6 Å². The molecule has 0 fully saturated rings. The van der Waals surface area contributed by atoms with Gasteiger partial charge in [0.1, 0.15) is 10.6 Å². The second kappa shape index (κ2) is 5.38. The maximum absolute atomic E-state index is 12.3. The van der Waals surface area contributed by atoms with Crippen LogP contribution in [0.25, 0.3) is 10.9 Å². The van der Waals surface area contributed by atoms with Crippen LogP contribution in [0, 0.1) is 6.92 Å². The predicted molar refractivity (Wildman–Crippen MR) is 83.4 cm³/mol. The Labute approximate surface area is 128 Å². The number of hydrogen-bond acceptors (Lipinski definition) is 4. The number of ether oxygens (including phenoxy) is 1. The van der Waals surface area contributed by atoms with Crippen LogP contribution < -0.4 is 9.02 Å². The molecule has 5 nitrogen and oxygen atoms in total. The Kier molecular flexibility index (Phi) is 3.54. The molecule has 0 atom stereocenters. The number of rotatable bonds is 4. The Morgan fingerprint density at radius 3 is 2.41 bits per heavy atom. The second-order valence-corrected chi connectivity index (χ2v) is 6.44. The summed E-state index contributed by atoms with van der Waals surface area (Å²) in [5.74, 6) is 0.701. The Morgan fingerprint density at radius 2 is 1.73 bits per heavy atom. The van der Waals surface area contributed by atoms with Crippen molar-refractivity contribution in [1.82, 2.24) is 4.73 Å². The zero-order chi connectivity index (χ0) is 15.7. The lowest BCUT2D eigenvalue weighted by atomic mass is 10.2. The number of fused-ring (bicyclic) bond motifs is 1. The van der Waals surface area contributed by atoms with Gasteiger partial charge in [-0.2, -0.15) is 13.1 Å². The van der Waals surface area contributed by atoms with Gasteiger partial charge in [0.25, 0.3) is 0 Å². The van der Waals surface area contributed by atoms with Gasteiger partial charge in [-0.3, -0.25) is 4.28 Å². The van der Waals surface area contributed by atoms with Gasteiger partial charge in [0, 0.05) is 11.6 Å². The molecule has 3 rings (SSSR count). The third-order valence-corrected chi connectivity index (χ3v) is 4.56. The quantitative estimate of drug-likeness (QED) is 0.742.